The van der Waals surface area contributed by atoms with Crippen molar-refractivity contribution in [2.45, 2.75) is 32.1 Å². The number of benzene rings is 1. The third-order valence-electron chi connectivity index (χ3n) is 4.24. The summed E-state index contributed by atoms with van der Waals surface area (Å²) in [5.74, 6) is -5.24. The van der Waals surface area contributed by atoms with Crippen LogP contribution in [-0.2, 0) is 30.5 Å². The number of rotatable bonds is 4. The van der Waals surface area contributed by atoms with Crippen LogP contribution >= 0.6 is 0 Å². The molecule has 0 saturated carbocycles. The van der Waals surface area contributed by atoms with E-state index >= 15 is 0 Å². The van der Waals surface area contributed by atoms with E-state index in [1.807, 2.05) is 0 Å². The number of amides is 1. The number of carbonyl (C=O) groups is 1. The molecule has 28 heavy (non-hydrogen) atoms. The van der Waals surface area contributed by atoms with E-state index in [1.165, 1.54) is 4.90 Å². The van der Waals surface area contributed by atoms with Crippen molar-refractivity contribution >= 4 is 11.6 Å². The monoisotopic (exact) mass is 406 g/mol. The topological polar surface area (TPSA) is 76.6 Å². The molecule has 12 heteroatoms. The van der Waals surface area contributed by atoms with Gasteiger partial charge in [0.2, 0.25) is 11.7 Å². The lowest BCUT2D eigenvalue weighted by Gasteiger charge is -2.27. The number of carbonyl (C=O) groups excluding carboxylic acids is 1. The van der Waals surface area contributed by atoms with Gasteiger partial charge in [0, 0.05) is 24.7 Å². The third-order valence-corrected chi connectivity index (χ3v) is 4.24. The summed E-state index contributed by atoms with van der Waals surface area (Å²) in [6.07, 6.45) is -5.28. The summed E-state index contributed by atoms with van der Waals surface area (Å²) in [5.41, 5.74) is -0.213. The third kappa shape index (κ3) is 3.99. The standard InChI is InChI=1S/C16H13F6N5O/c17-10-6-12(19)11(18)4-8(10)3-9(23)5-14(28)26-1-2-27-13(7-26)24-25-15(27)16(20,21)22/h4,6,23H,1-3,5,7H2/p+1. The number of hydrogen-bond donors (Lipinski definition) is 1. The summed E-state index contributed by atoms with van der Waals surface area (Å²) >= 11 is 0. The zero-order valence-corrected chi connectivity index (χ0v) is 14.2. The summed E-state index contributed by atoms with van der Waals surface area (Å²) in [5, 5.41) is 12.3. The second-order valence-electron chi connectivity index (χ2n) is 6.27. The zero-order chi connectivity index (χ0) is 20.6. The smallest absolute Gasteiger partial charge is 0.333 e. The summed E-state index contributed by atoms with van der Waals surface area (Å²) in [6.45, 7) is -0.338. The Balaban J connectivity index is 1.64. The molecule has 0 atom stereocenters. The molecule has 150 valence electrons. The highest BCUT2D eigenvalue weighted by Gasteiger charge is 2.40. The van der Waals surface area contributed by atoms with Crippen LogP contribution in [0.5, 0.6) is 0 Å². The fraction of sp³-hybridized carbons (Fsp3) is 0.375. The Morgan fingerprint density at radius 3 is 2.43 bits per heavy atom. The van der Waals surface area contributed by atoms with Crippen LogP contribution in [0.25, 0.3) is 0 Å². The molecule has 1 aromatic carbocycles. The van der Waals surface area contributed by atoms with Gasteiger partial charge in [-0.25, -0.2) is 13.2 Å². The van der Waals surface area contributed by atoms with Crippen molar-refractivity contribution < 1.29 is 36.5 Å². The highest BCUT2D eigenvalue weighted by molar-refractivity contribution is 5.98. The Bertz CT molecular complexity index is 938. The average Bonchev–Trinajstić information content (AvgIpc) is 3.03. The highest BCUT2D eigenvalue weighted by atomic mass is 19.4. The van der Waals surface area contributed by atoms with Gasteiger partial charge >= 0.3 is 6.18 Å². The van der Waals surface area contributed by atoms with Gasteiger partial charge in [-0.3, -0.25) is 10.2 Å². The number of halogens is 6. The molecule has 0 unspecified atom stereocenters. The molecule has 0 radical (unpaired) electrons. The van der Waals surface area contributed by atoms with Crippen LogP contribution in [0.3, 0.4) is 0 Å². The van der Waals surface area contributed by atoms with E-state index in [-0.39, 0.29) is 49.6 Å². The van der Waals surface area contributed by atoms with E-state index in [0.717, 1.165) is 4.57 Å². The van der Waals surface area contributed by atoms with Crippen molar-refractivity contribution in [2.75, 3.05) is 6.54 Å². The van der Waals surface area contributed by atoms with Crippen LogP contribution in [0, 0.1) is 17.5 Å². The van der Waals surface area contributed by atoms with Gasteiger partial charge < -0.3 is 9.47 Å². The first-order chi connectivity index (χ1) is 13.1. The Morgan fingerprint density at radius 1 is 1.07 bits per heavy atom. The number of fused-ring (bicyclic) bond motifs is 1. The van der Waals surface area contributed by atoms with Crippen LogP contribution in [0.4, 0.5) is 26.3 Å². The number of nitrogens with two attached hydrogens (primary N) is 1. The van der Waals surface area contributed by atoms with Crippen molar-refractivity contribution in [3.05, 3.63) is 46.8 Å². The van der Waals surface area contributed by atoms with Crippen molar-refractivity contribution in [3.8, 4) is 0 Å². The Hall–Kier alpha value is -2.92. The predicted molar refractivity (Wildman–Crippen MR) is 82.0 cm³/mol. The Labute approximate surface area is 154 Å². The van der Waals surface area contributed by atoms with E-state index in [9.17, 15) is 31.1 Å². The van der Waals surface area contributed by atoms with Crippen molar-refractivity contribution in [1.82, 2.24) is 19.7 Å². The van der Waals surface area contributed by atoms with E-state index < -0.39 is 35.4 Å². The number of alkyl halides is 3. The molecule has 6 nitrogen and oxygen atoms in total. The molecule has 0 aliphatic carbocycles. The van der Waals surface area contributed by atoms with Gasteiger partial charge in [-0.15, -0.1) is 10.2 Å². The quantitative estimate of drug-likeness (QED) is 0.466. The van der Waals surface area contributed by atoms with E-state index in [2.05, 4.69) is 10.2 Å². The van der Waals surface area contributed by atoms with Gasteiger partial charge in [0.15, 0.2) is 23.2 Å². The molecule has 3 rings (SSSR count). The first kappa shape index (κ1) is 19.8. The molecule has 0 fully saturated rings. The normalized spacial score (nSPS) is 14.1. The lowest BCUT2D eigenvalue weighted by molar-refractivity contribution is -0.148. The van der Waals surface area contributed by atoms with Crippen molar-refractivity contribution in [3.63, 3.8) is 0 Å². The molecule has 0 spiro atoms. The van der Waals surface area contributed by atoms with Crippen LogP contribution in [0.15, 0.2) is 12.1 Å². The minimum Gasteiger partial charge on any atom is -0.333 e. The van der Waals surface area contributed by atoms with Crippen LogP contribution in [-0.4, -0.2) is 37.8 Å². The molecule has 0 bridgehead atoms. The fourth-order valence-corrected chi connectivity index (χ4v) is 2.89. The Kier molecular flexibility index (Phi) is 5.13. The molecule has 2 aromatic rings. The van der Waals surface area contributed by atoms with Gasteiger partial charge in [0.05, 0.1) is 13.0 Å². The fourth-order valence-electron chi connectivity index (χ4n) is 2.89. The largest absolute Gasteiger partial charge is 0.451 e. The highest BCUT2D eigenvalue weighted by Crippen LogP contribution is 2.29. The van der Waals surface area contributed by atoms with Gasteiger partial charge in [-0.1, -0.05) is 0 Å². The molecule has 2 heterocycles. The zero-order valence-electron chi connectivity index (χ0n) is 14.2. The minimum atomic E-state index is -4.65. The Morgan fingerprint density at radius 2 is 1.75 bits per heavy atom. The summed E-state index contributed by atoms with van der Waals surface area (Å²) < 4.78 is 79.2. The predicted octanol–water partition coefficient (Wildman–Crippen LogP) is 0.889. The molecule has 1 aromatic heterocycles. The molecule has 2 N–H and O–H groups in total. The van der Waals surface area contributed by atoms with E-state index in [0.29, 0.717) is 12.1 Å². The molecule has 0 saturated heterocycles. The maximum absolute atomic E-state index is 13.7. The molecular weight excluding hydrogens is 392 g/mol. The SMILES string of the molecule is [NH2+]=C(CC(=O)N1CCn2c(nnc2C(F)(F)F)C1)Cc1cc(F)c(F)cc1F. The van der Waals surface area contributed by atoms with E-state index in [1.54, 1.807) is 0 Å². The van der Waals surface area contributed by atoms with Gasteiger partial charge in [-0.2, -0.15) is 13.2 Å². The average molecular weight is 406 g/mol. The number of aromatic nitrogens is 3. The molecule has 1 aliphatic heterocycles. The maximum Gasteiger partial charge on any atom is 0.451 e. The number of hydrogen-bond acceptors (Lipinski definition) is 3. The lowest BCUT2D eigenvalue weighted by Crippen LogP contribution is -2.46. The van der Waals surface area contributed by atoms with Gasteiger partial charge in [0.25, 0.3) is 0 Å². The maximum atomic E-state index is 13.7. The summed E-state index contributed by atoms with van der Waals surface area (Å²) in [7, 11) is 0. The first-order valence-electron chi connectivity index (χ1n) is 8.07. The van der Waals surface area contributed by atoms with Gasteiger partial charge in [-0.05, 0) is 6.07 Å². The summed E-state index contributed by atoms with van der Waals surface area (Å²) in [6, 6.07) is 1.04. The van der Waals surface area contributed by atoms with Gasteiger partial charge in [0.1, 0.15) is 12.2 Å². The second-order valence-corrected chi connectivity index (χ2v) is 6.27. The molecule has 1 aliphatic rings. The minimum absolute atomic E-state index is 0.00192. The van der Waals surface area contributed by atoms with Crippen LogP contribution < -0.4 is 5.41 Å². The lowest BCUT2D eigenvalue weighted by atomic mass is 10.0. The first-order valence-corrected chi connectivity index (χ1v) is 8.07. The molecular formula is C16H14F6N5O+. The molecule has 1 amide bonds. The summed E-state index contributed by atoms with van der Waals surface area (Å²) in [4.78, 5) is 13.6. The van der Waals surface area contributed by atoms with Crippen LogP contribution in [0.1, 0.15) is 23.6 Å². The van der Waals surface area contributed by atoms with Crippen molar-refractivity contribution in [1.29, 1.82) is 0 Å². The van der Waals surface area contributed by atoms with Crippen LogP contribution in [0.2, 0.25) is 0 Å². The number of nitrogens with zero attached hydrogens (tertiary/aromatic N) is 4. The second kappa shape index (κ2) is 7.24. The van der Waals surface area contributed by atoms with Crippen molar-refractivity contribution in [2.24, 2.45) is 0 Å². The van der Waals surface area contributed by atoms with E-state index in [4.69, 9.17) is 5.41 Å².